The Morgan fingerprint density at radius 2 is 1.93 bits per heavy atom. The molecule has 6 nitrogen and oxygen atoms in total. The van der Waals surface area contributed by atoms with Crippen LogP contribution in [-0.4, -0.2) is 36.4 Å². The predicted octanol–water partition coefficient (Wildman–Crippen LogP) is 2.98. The Bertz CT molecular complexity index is 1040. The Balaban J connectivity index is 1.85. The number of hydrogen-bond acceptors (Lipinski definition) is 4. The number of nitrogens with zero attached hydrogens (tertiary/aromatic N) is 2. The van der Waals surface area contributed by atoms with Crippen molar-refractivity contribution in [2.45, 2.75) is 26.1 Å². The summed E-state index contributed by atoms with van der Waals surface area (Å²) in [6.07, 6.45) is -3.02. The van der Waals surface area contributed by atoms with Gasteiger partial charge in [-0.2, -0.15) is 17.5 Å². The Labute approximate surface area is 160 Å². The Kier molecular flexibility index (Phi) is 5.20. The molecule has 1 aromatic carbocycles. The molecule has 0 unspecified atom stereocenters. The Morgan fingerprint density at radius 3 is 2.54 bits per heavy atom. The molecule has 0 saturated carbocycles. The van der Waals surface area contributed by atoms with E-state index in [0.29, 0.717) is 18.7 Å². The highest BCUT2D eigenvalue weighted by Gasteiger charge is 2.33. The van der Waals surface area contributed by atoms with Crippen molar-refractivity contribution in [3.8, 4) is 0 Å². The van der Waals surface area contributed by atoms with Gasteiger partial charge in [-0.25, -0.2) is 13.4 Å². The third-order valence-electron chi connectivity index (χ3n) is 4.57. The summed E-state index contributed by atoms with van der Waals surface area (Å²) in [5, 5.41) is 2.71. The first-order chi connectivity index (χ1) is 13.0. The highest BCUT2D eigenvalue weighted by molar-refractivity contribution is 7.88. The van der Waals surface area contributed by atoms with Crippen LogP contribution in [0, 0.1) is 6.92 Å². The molecule has 1 aromatic heterocycles. The lowest BCUT2D eigenvalue weighted by atomic mass is 9.99. The molecule has 1 aliphatic heterocycles. The number of carbonyl (C=O) groups is 1. The third kappa shape index (κ3) is 4.17. The van der Waals surface area contributed by atoms with Gasteiger partial charge in [-0.3, -0.25) is 4.79 Å². The van der Waals surface area contributed by atoms with Gasteiger partial charge in [-0.15, -0.1) is 0 Å². The van der Waals surface area contributed by atoms with Gasteiger partial charge in [0.2, 0.25) is 10.0 Å². The van der Waals surface area contributed by atoms with Crippen molar-refractivity contribution in [2.24, 2.45) is 0 Å². The van der Waals surface area contributed by atoms with Crippen molar-refractivity contribution in [3.05, 3.63) is 58.4 Å². The first kappa shape index (κ1) is 20.3. The van der Waals surface area contributed by atoms with Gasteiger partial charge in [0.05, 0.1) is 17.5 Å². The summed E-state index contributed by atoms with van der Waals surface area (Å²) >= 11 is 0. The van der Waals surface area contributed by atoms with Crippen LogP contribution in [0.25, 0.3) is 0 Å². The van der Waals surface area contributed by atoms with E-state index in [-0.39, 0.29) is 17.8 Å². The molecule has 28 heavy (non-hydrogen) atoms. The minimum absolute atomic E-state index is 0.0274. The van der Waals surface area contributed by atoms with Crippen LogP contribution in [-0.2, 0) is 29.2 Å². The Morgan fingerprint density at radius 1 is 1.21 bits per heavy atom. The van der Waals surface area contributed by atoms with E-state index in [2.05, 4.69) is 10.3 Å². The molecule has 0 radical (unpaired) electrons. The number of rotatable bonds is 3. The zero-order valence-electron chi connectivity index (χ0n) is 15.2. The van der Waals surface area contributed by atoms with E-state index in [1.165, 1.54) is 11.2 Å². The van der Waals surface area contributed by atoms with Gasteiger partial charge < -0.3 is 5.32 Å². The number of nitrogens with one attached hydrogen (secondary N) is 1. The van der Waals surface area contributed by atoms with E-state index in [9.17, 15) is 26.4 Å². The summed E-state index contributed by atoms with van der Waals surface area (Å²) in [5.41, 5.74) is 1.05. The summed E-state index contributed by atoms with van der Waals surface area (Å²) in [7, 11) is -3.32. The molecule has 1 amide bonds. The van der Waals surface area contributed by atoms with Crippen molar-refractivity contribution < 1.29 is 26.4 Å². The number of pyridine rings is 1. The number of alkyl halides is 3. The quantitative estimate of drug-likeness (QED) is 0.839. The largest absolute Gasteiger partial charge is 0.433 e. The maximum atomic E-state index is 12.7. The molecule has 2 heterocycles. The van der Waals surface area contributed by atoms with Crippen molar-refractivity contribution in [1.82, 2.24) is 9.29 Å². The molecule has 0 fully saturated rings. The van der Waals surface area contributed by atoms with Crippen molar-refractivity contribution in [3.63, 3.8) is 0 Å². The molecule has 2 aromatic rings. The fourth-order valence-corrected chi connectivity index (χ4v) is 3.93. The minimum atomic E-state index is -4.58. The lowest BCUT2D eigenvalue weighted by molar-refractivity contribution is -0.141. The average molecular weight is 413 g/mol. The van der Waals surface area contributed by atoms with Crippen LogP contribution in [0.15, 0.2) is 30.3 Å². The summed E-state index contributed by atoms with van der Waals surface area (Å²) in [6.45, 7) is 1.84. The van der Waals surface area contributed by atoms with Gasteiger partial charge in [0.1, 0.15) is 5.69 Å². The number of amides is 1. The number of sulfonamides is 1. The molecular formula is C18H18F3N3O3S. The van der Waals surface area contributed by atoms with E-state index < -0.39 is 27.8 Å². The highest BCUT2D eigenvalue weighted by Crippen LogP contribution is 2.30. The fraction of sp³-hybridized carbons (Fsp3) is 0.333. The monoisotopic (exact) mass is 413 g/mol. The van der Waals surface area contributed by atoms with Crippen LogP contribution in [0.5, 0.6) is 0 Å². The molecule has 1 aliphatic rings. The second kappa shape index (κ2) is 7.17. The summed E-state index contributed by atoms with van der Waals surface area (Å²) in [5.74, 6) is -0.572. The maximum absolute atomic E-state index is 12.7. The first-order valence-electron chi connectivity index (χ1n) is 8.39. The van der Waals surface area contributed by atoms with Crippen LogP contribution in [0.2, 0.25) is 0 Å². The van der Waals surface area contributed by atoms with Crippen molar-refractivity contribution in [1.29, 1.82) is 0 Å². The first-order valence-corrected chi connectivity index (χ1v) is 10.2. The van der Waals surface area contributed by atoms with Gasteiger partial charge >= 0.3 is 6.18 Å². The highest BCUT2D eigenvalue weighted by atomic mass is 32.2. The smallest absolute Gasteiger partial charge is 0.322 e. The van der Waals surface area contributed by atoms with Crippen molar-refractivity contribution >= 4 is 21.6 Å². The predicted molar refractivity (Wildman–Crippen MR) is 97.3 cm³/mol. The zero-order chi connectivity index (χ0) is 20.7. The van der Waals surface area contributed by atoms with Crippen LogP contribution >= 0.6 is 0 Å². The number of benzene rings is 1. The standard InChI is InChI=1S/C18H18F3N3O3S/c1-11-13(6-7-16(22-11)18(19,20)21)17(25)23-15-5-3-4-12-10-24(28(2,26)27)9-8-14(12)15/h3-7H,8-10H2,1-2H3,(H,23,25). The van der Waals surface area contributed by atoms with E-state index >= 15 is 0 Å². The normalized spacial score (nSPS) is 15.2. The number of halogens is 3. The van der Waals surface area contributed by atoms with Gasteiger partial charge in [-0.1, -0.05) is 12.1 Å². The summed E-state index contributed by atoms with van der Waals surface area (Å²) in [6, 6.07) is 7.03. The molecule has 1 N–H and O–H groups in total. The molecular weight excluding hydrogens is 395 g/mol. The van der Waals surface area contributed by atoms with Crippen LogP contribution in [0.1, 0.15) is 32.9 Å². The minimum Gasteiger partial charge on any atom is -0.322 e. The second-order valence-electron chi connectivity index (χ2n) is 6.57. The van der Waals surface area contributed by atoms with Gasteiger partial charge in [0.25, 0.3) is 5.91 Å². The molecule has 0 spiro atoms. The third-order valence-corrected chi connectivity index (χ3v) is 5.82. The SMILES string of the molecule is Cc1nc(C(F)(F)F)ccc1C(=O)Nc1cccc2c1CCN(S(C)(=O)=O)C2. The van der Waals surface area contributed by atoms with Gasteiger partial charge in [-0.05, 0) is 42.7 Å². The number of carbonyl (C=O) groups excluding carboxylic acids is 1. The lowest BCUT2D eigenvalue weighted by Crippen LogP contribution is -2.35. The molecule has 0 atom stereocenters. The van der Waals surface area contributed by atoms with E-state index in [1.54, 1.807) is 18.2 Å². The maximum Gasteiger partial charge on any atom is 0.433 e. The van der Waals surface area contributed by atoms with Gasteiger partial charge in [0.15, 0.2) is 0 Å². The molecule has 0 aliphatic carbocycles. The van der Waals surface area contributed by atoms with Crippen LogP contribution in [0.4, 0.5) is 18.9 Å². The number of aryl methyl sites for hydroxylation is 1. The topological polar surface area (TPSA) is 79.4 Å². The van der Waals surface area contributed by atoms with E-state index in [0.717, 1.165) is 29.5 Å². The van der Waals surface area contributed by atoms with E-state index in [1.807, 2.05) is 0 Å². The van der Waals surface area contributed by atoms with Crippen molar-refractivity contribution in [2.75, 3.05) is 18.1 Å². The summed E-state index contributed by atoms with van der Waals surface area (Å²) in [4.78, 5) is 16.0. The summed E-state index contributed by atoms with van der Waals surface area (Å²) < 4.78 is 63.1. The number of anilines is 1. The fourth-order valence-electron chi connectivity index (χ4n) is 3.13. The molecule has 0 saturated heterocycles. The molecule has 3 rings (SSSR count). The molecule has 150 valence electrons. The van der Waals surface area contributed by atoms with Crippen LogP contribution < -0.4 is 5.32 Å². The van der Waals surface area contributed by atoms with Gasteiger partial charge in [0, 0.05) is 18.8 Å². The number of fused-ring (bicyclic) bond motifs is 1. The molecule has 0 bridgehead atoms. The molecule has 10 heteroatoms. The average Bonchev–Trinajstić information content (AvgIpc) is 2.59. The number of aromatic nitrogens is 1. The van der Waals surface area contributed by atoms with Crippen LogP contribution in [0.3, 0.4) is 0 Å². The zero-order valence-corrected chi connectivity index (χ0v) is 16.0. The van der Waals surface area contributed by atoms with E-state index in [4.69, 9.17) is 0 Å². The Hall–Kier alpha value is -2.46. The second-order valence-corrected chi connectivity index (χ2v) is 8.55. The lowest BCUT2D eigenvalue weighted by Gasteiger charge is -2.28. The number of hydrogen-bond donors (Lipinski definition) is 1.